The summed E-state index contributed by atoms with van der Waals surface area (Å²) in [4.78, 5) is 31.3. The summed E-state index contributed by atoms with van der Waals surface area (Å²) >= 11 is 3.48. The van der Waals surface area contributed by atoms with E-state index in [0.717, 1.165) is 58.1 Å². The van der Waals surface area contributed by atoms with E-state index in [0.29, 0.717) is 17.5 Å². The van der Waals surface area contributed by atoms with Crippen LogP contribution in [0.2, 0.25) is 0 Å². The molecule has 5 rings (SSSR count). The van der Waals surface area contributed by atoms with Gasteiger partial charge in [0.25, 0.3) is 5.56 Å². The fraction of sp³-hybridized carbons (Fsp3) is 0.379. The normalized spacial score (nSPS) is 15.6. The molecule has 2 heterocycles. The van der Waals surface area contributed by atoms with Gasteiger partial charge in [0.2, 0.25) is 0 Å². The van der Waals surface area contributed by atoms with Crippen LogP contribution in [-0.4, -0.2) is 33.0 Å². The molecular weight excluding hydrogens is 532 g/mol. The van der Waals surface area contributed by atoms with Gasteiger partial charge in [-0.2, -0.15) is 9.78 Å². The minimum Gasteiger partial charge on any atom is -0.464 e. The zero-order valence-corrected chi connectivity index (χ0v) is 23.0. The molecule has 0 amide bonds. The first-order chi connectivity index (χ1) is 17.9. The van der Waals surface area contributed by atoms with Crippen LogP contribution in [0.4, 0.5) is 0 Å². The van der Waals surface area contributed by atoms with Crippen LogP contribution in [0.15, 0.2) is 56.8 Å². The van der Waals surface area contributed by atoms with Crippen LogP contribution < -0.4 is 5.56 Å². The lowest BCUT2D eigenvalue weighted by Gasteiger charge is -2.22. The van der Waals surface area contributed by atoms with Crippen LogP contribution in [0.5, 0.6) is 0 Å². The number of benzene rings is 2. The Labute approximate surface area is 224 Å². The van der Waals surface area contributed by atoms with Gasteiger partial charge in [0.15, 0.2) is 0 Å². The highest BCUT2D eigenvalue weighted by molar-refractivity contribution is 9.10. The lowest BCUT2D eigenvalue weighted by molar-refractivity contribution is -0.146. The molecule has 7 nitrogen and oxygen atoms in total. The first-order valence-electron chi connectivity index (χ1n) is 12.9. The molecule has 0 bridgehead atoms. The third-order valence-electron chi connectivity index (χ3n) is 7.33. The number of hydrogen-bond acceptors (Lipinski definition) is 5. The van der Waals surface area contributed by atoms with E-state index in [4.69, 9.17) is 14.8 Å². The molecule has 1 aliphatic rings. The van der Waals surface area contributed by atoms with Gasteiger partial charge in [-0.05, 0) is 57.9 Å². The van der Waals surface area contributed by atoms with Crippen molar-refractivity contribution in [2.24, 2.45) is 5.10 Å². The molecule has 1 aliphatic carbocycles. The van der Waals surface area contributed by atoms with Gasteiger partial charge in [-0.25, -0.2) is 9.78 Å². The fourth-order valence-corrected chi connectivity index (χ4v) is 5.83. The van der Waals surface area contributed by atoms with Crippen molar-refractivity contribution in [1.82, 2.24) is 14.2 Å². The Bertz CT molecular complexity index is 1560. The zero-order chi connectivity index (χ0) is 26.1. The number of para-hydroxylation sites is 1. The number of esters is 1. The standard InChI is InChI=1S/C29H31BrN4O3/c1-4-37-29(36)19(3)33-18(2)24(22-12-8-9-13-26(22)33)17-31-34-27(20-10-6-5-7-11-20)32-25-15-14-21(30)16-23(25)28(34)35/h8-9,12-17,19-20H,4-7,10-11H2,1-3H3/t19-/m1/s1. The summed E-state index contributed by atoms with van der Waals surface area (Å²) in [6, 6.07) is 13.0. The van der Waals surface area contributed by atoms with Crippen LogP contribution in [-0.2, 0) is 9.53 Å². The van der Waals surface area contributed by atoms with Gasteiger partial charge >= 0.3 is 5.97 Å². The summed E-state index contributed by atoms with van der Waals surface area (Å²) < 4.78 is 9.60. The molecule has 192 valence electrons. The number of fused-ring (bicyclic) bond motifs is 2. The zero-order valence-electron chi connectivity index (χ0n) is 21.4. The van der Waals surface area contributed by atoms with Gasteiger partial charge in [-0.1, -0.05) is 53.4 Å². The molecule has 4 aromatic rings. The van der Waals surface area contributed by atoms with Crippen molar-refractivity contribution < 1.29 is 9.53 Å². The summed E-state index contributed by atoms with van der Waals surface area (Å²) in [6.45, 7) is 5.95. The molecule has 0 saturated heterocycles. The van der Waals surface area contributed by atoms with E-state index in [1.54, 1.807) is 19.2 Å². The molecule has 0 aliphatic heterocycles. The predicted molar refractivity (Wildman–Crippen MR) is 151 cm³/mol. The molecule has 8 heteroatoms. The lowest BCUT2D eigenvalue weighted by Crippen LogP contribution is -2.25. The molecule has 1 atom stereocenters. The van der Waals surface area contributed by atoms with Crippen molar-refractivity contribution in [2.75, 3.05) is 6.61 Å². The minimum atomic E-state index is -0.493. The Kier molecular flexibility index (Phi) is 7.29. The highest BCUT2D eigenvalue weighted by Crippen LogP contribution is 2.33. The van der Waals surface area contributed by atoms with Gasteiger partial charge in [0.05, 0.1) is 23.7 Å². The molecule has 1 saturated carbocycles. The maximum Gasteiger partial charge on any atom is 0.328 e. The van der Waals surface area contributed by atoms with E-state index in [-0.39, 0.29) is 17.4 Å². The number of hydrogen-bond donors (Lipinski definition) is 0. The molecule has 0 radical (unpaired) electrons. The second-order valence-corrected chi connectivity index (χ2v) is 10.6. The van der Waals surface area contributed by atoms with Crippen LogP contribution in [0.3, 0.4) is 0 Å². The molecule has 0 N–H and O–H groups in total. The van der Waals surface area contributed by atoms with Crippen LogP contribution >= 0.6 is 15.9 Å². The Balaban J connectivity index is 1.67. The Morgan fingerprint density at radius 2 is 1.95 bits per heavy atom. The second kappa shape index (κ2) is 10.6. The van der Waals surface area contributed by atoms with Gasteiger partial charge in [0, 0.05) is 32.6 Å². The third kappa shape index (κ3) is 4.75. The van der Waals surface area contributed by atoms with Gasteiger partial charge < -0.3 is 9.30 Å². The average molecular weight is 563 g/mol. The van der Waals surface area contributed by atoms with Crippen molar-refractivity contribution in [3.05, 3.63) is 74.4 Å². The molecular formula is C29H31BrN4O3. The van der Waals surface area contributed by atoms with E-state index in [1.807, 2.05) is 54.8 Å². The highest BCUT2D eigenvalue weighted by Gasteiger charge is 2.24. The molecule has 1 fully saturated rings. The predicted octanol–water partition coefficient (Wildman–Crippen LogP) is 6.48. The Morgan fingerprint density at radius 1 is 1.19 bits per heavy atom. The smallest absolute Gasteiger partial charge is 0.328 e. The van der Waals surface area contributed by atoms with Crippen LogP contribution in [0.1, 0.15) is 75.0 Å². The SMILES string of the molecule is CCOC(=O)[C@@H](C)n1c(C)c(C=Nn2c(C3CCCCC3)nc3ccc(Br)cc3c2=O)c2ccccc21. The molecule has 0 spiro atoms. The molecule has 2 aromatic carbocycles. The van der Waals surface area contributed by atoms with Crippen molar-refractivity contribution >= 4 is 49.9 Å². The number of ether oxygens (including phenoxy) is 1. The topological polar surface area (TPSA) is 78.5 Å². The van der Waals surface area contributed by atoms with Gasteiger partial charge in [-0.3, -0.25) is 4.79 Å². The van der Waals surface area contributed by atoms with Crippen molar-refractivity contribution in [1.29, 1.82) is 0 Å². The Morgan fingerprint density at radius 3 is 2.70 bits per heavy atom. The maximum atomic E-state index is 13.7. The number of carbonyl (C=O) groups excluding carboxylic acids is 1. The Hall–Kier alpha value is -3.26. The van der Waals surface area contributed by atoms with Crippen LogP contribution in [0.25, 0.3) is 21.8 Å². The van der Waals surface area contributed by atoms with E-state index in [2.05, 4.69) is 15.9 Å². The second-order valence-electron chi connectivity index (χ2n) is 9.64. The first-order valence-corrected chi connectivity index (χ1v) is 13.7. The number of rotatable bonds is 6. The van der Waals surface area contributed by atoms with E-state index < -0.39 is 6.04 Å². The van der Waals surface area contributed by atoms with Crippen molar-refractivity contribution in [3.63, 3.8) is 0 Å². The molecule has 37 heavy (non-hydrogen) atoms. The number of halogens is 1. The van der Waals surface area contributed by atoms with E-state index in [9.17, 15) is 9.59 Å². The molecule has 2 aromatic heterocycles. The number of aromatic nitrogens is 3. The lowest BCUT2D eigenvalue weighted by atomic mass is 9.88. The summed E-state index contributed by atoms with van der Waals surface area (Å²) in [7, 11) is 0. The molecule has 0 unspecified atom stereocenters. The van der Waals surface area contributed by atoms with E-state index >= 15 is 0 Å². The summed E-state index contributed by atoms with van der Waals surface area (Å²) in [5, 5.41) is 6.26. The average Bonchev–Trinajstić information content (AvgIpc) is 3.19. The summed E-state index contributed by atoms with van der Waals surface area (Å²) in [5.41, 5.74) is 3.18. The maximum absolute atomic E-state index is 13.7. The highest BCUT2D eigenvalue weighted by atomic mass is 79.9. The quantitative estimate of drug-likeness (QED) is 0.199. The minimum absolute atomic E-state index is 0.176. The van der Waals surface area contributed by atoms with Crippen molar-refractivity contribution in [3.8, 4) is 0 Å². The number of carbonyl (C=O) groups is 1. The third-order valence-corrected chi connectivity index (χ3v) is 7.82. The largest absolute Gasteiger partial charge is 0.464 e. The van der Waals surface area contributed by atoms with Gasteiger partial charge in [-0.15, -0.1) is 0 Å². The van der Waals surface area contributed by atoms with Crippen molar-refractivity contribution in [2.45, 2.75) is 64.8 Å². The summed E-state index contributed by atoms with van der Waals surface area (Å²) in [5.74, 6) is 0.630. The summed E-state index contributed by atoms with van der Waals surface area (Å²) in [6.07, 6.45) is 7.20. The number of nitrogens with zero attached hydrogens (tertiary/aromatic N) is 4. The van der Waals surface area contributed by atoms with E-state index in [1.165, 1.54) is 11.1 Å². The van der Waals surface area contributed by atoms with Gasteiger partial charge in [0.1, 0.15) is 11.9 Å². The monoisotopic (exact) mass is 562 g/mol. The first kappa shape index (κ1) is 25.4. The van der Waals surface area contributed by atoms with Crippen LogP contribution in [0, 0.1) is 6.92 Å². The fourth-order valence-electron chi connectivity index (χ4n) is 5.47.